The zero-order chi connectivity index (χ0) is 27.5. The lowest BCUT2D eigenvalue weighted by Gasteiger charge is -2.30. The van der Waals surface area contributed by atoms with E-state index in [1.807, 2.05) is 13.8 Å². The molecular formula is C26H41N5O6. The molecule has 2 rings (SSSR count). The zero-order valence-electron chi connectivity index (χ0n) is 21.7. The molecule has 1 saturated heterocycles. The van der Waals surface area contributed by atoms with Gasteiger partial charge in [0.2, 0.25) is 17.7 Å². The van der Waals surface area contributed by atoms with E-state index in [4.69, 9.17) is 11.5 Å². The van der Waals surface area contributed by atoms with Crippen LogP contribution in [0.25, 0.3) is 0 Å². The molecule has 3 amide bonds. The summed E-state index contributed by atoms with van der Waals surface area (Å²) in [7, 11) is 0. The lowest BCUT2D eigenvalue weighted by Crippen LogP contribution is -2.57. The molecule has 1 aliphatic rings. The Morgan fingerprint density at radius 2 is 1.76 bits per heavy atom. The van der Waals surface area contributed by atoms with E-state index in [2.05, 4.69) is 10.6 Å². The van der Waals surface area contributed by atoms with Gasteiger partial charge in [0, 0.05) is 13.0 Å². The maximum atomic E-state index is 13.7. The zero-order valence-corrected chi connectivity index (χ0v) is 21.7. The van der Waals surface area contributed by atoms with Gasteiger partial charge in [-0.3, -0.25) is 14.4 Å². The number of carboxylic acids is 1. The minimum absolute atomic E-state index is 0.0571. The van der Waals surface area contributed by atoms with Crippen LogP contribution in [0.5, 0.6) is 5.75 Å². The molecule has 0 aromatic heterocycles. The number of nitrogens with one attached hydrogen (secondary N) is 2. The second-order valence-electron chi connectivity index (χ2n) is 10.0. The quantitative estimate of drug-likeness (QED) is 0.191. The molecule has 0 spiro atoms. The van der Waals surface area contributed by atoms with Crippen molar-refractivity contribution < 1.29 is 29.4 Å². The lowest BCUT2D eigenvalue weighted by atomic mass is 10.0. The lowest BCUT2D eigenvalue weighted by molar-refractivity contribution is -0.145. The molecule has 11 heteroatoms. The number of nitrogens with two attached hydrogens (primary N) is 2. The summed E-state index contributed by atoms with van der Waals surface area (Å²) >= 11 is 0. The van der Waals surface area contributed by atoms with Crippen LogP contribution in [0.3, 0.4) is 0 Å². The van der Waals surface area contributed by atoms with Gasteiger partial charge in [-0.25, -0.2) is 4.79 Å². The maximum absolute atomic E-state index is 13.7. The number of amides is 3. The number of carbonyl (C=O) groups excluding carboxylic acids is 3. The van der Waals surface area contributed by atoms with Crippen molar-refractivity contribution in [1.82, 2.24) is 15.5 Å². The van der Waals surface area contributed by atoms with Gasteiger partial charge in [0.1, 0.15) is 23.9 Å². The molecule has 1 fully saturated rings. The Bertz CT molecular complexity index is 923. The Morgan fingerprint density at radius 1 is 1.08 bits per heavy atom. The van der Waals surface area contributed by atoms with Crippen LogP contribution in [0, 0.1) is 5.92 Å². The summed E-state index contributed by atoms with van der Waals surface area (Å²) in [6.45, 7) is 4.54. The largest absolute Gasteiger partial charge is 0.508 e. The van der Waals surface area contributed by atoms with Gasteiger partial charge in [0.25, 0.3) is 0 Å². The molecule has 4 atom stereocenters. The molecule has 1 aromatic rings. The molecule has 11 nitrogen and oxygen atoms in total. The number of unbranched alkanes of at least 4 members (excludes halogenated alkanes) is 1. The van der Waals surface area contributed by atoms with E-state index in [0.717, 1.165) is 6.42 Å². The molecule has 0 radical (unpaired) electrons. The second kappa shape index (κ2) is 14.5. The summed E-state index contributed by atoms with van der Waals surface area (Å²) in [5, 5.41) is 24.4. The molecule has 1 aliphatic heterocycles. The highest BCUT2D eigenvalue weighted by Gasteiger charge is 2.39. The summed E-state index contributed by atoms with van der Waals surface area (Å²) in [6, 6.07) is 2.60. The molecule has 37 heavy (non-hydrogen) atoms. The normalized spacial score (nSPS) is 17.8. The van der Waals surface area contributed by atoms with Crippen LogP contribution in [0.15, 0.2) is 24.3 Å². The van der Waals surface area contributed by atoms with Crippen LogP contribution in [-0.4, -0.2) is 76.1 Å². The molecule has 0 saturated carbocycles. The molecule has 206 valence electrons. The fourth-order valence-electron chi connectivity index (χ4n) is 4.45. The SMILES string of the molecule is CC(C)CC(NC(=O)C1CCCN1C(=O)C(Cc1ccc(O)cc1)NC(=O)C(N)CCCCN)C(=O)O. The molecule has 1 heterocycles. The third kappa shape index (κ3) is 9.32. The molecule has 1 aromatic carbocycles. The number of rotatable bonds is 14. The van der Waals surface area contributed by atoms with Crippen LogP contribution in [0.4, 0.5) is 0 Å². The summed E-state index contributed by atoms with van der Waals surface area (Å²) in [4.78, 5) is 52.6. The van der Waals surface area contributed by atoms with Gasteiger partial charge < -0.3 is 37.2 Å². The van der Waals surface area contributed by atoms with Crippen molar-refractivity contribution >= 4 is 23.7 Å². The first kappa shape index (κ1) is 30.0. The predicted molar refractivity (Wildman–Crippen MR) is 138 cm³/mol. The molecule has 0 bridgehead atoms. The molecule has 0 aliphatic carbocycles. The summed E-state index contributed by atoms with van der Waals surface area (Å²) in [5.74, 6) is -2.43. The van der Waals surface area contributed by atoms with Crippen molar-refractivity contribution in [3.8, 4) is 5.75 Å². The highest BCUT2D eigenvalue weighted by Crippen LogP contribution is 2.21. The van der Waals surface area contributed by atoms with E-state index in [0.29, 0.717) is 44.3 Å². The van der Waals surface area contributed by atoms with Gasteiger partial charge in [-0.15, -0.1) is 0 Å². The number of hydrogen-bond donors (Lipinski definition) is 6. The number of phenolic OH excluding ortho intramolecular Hbond substituents is 1. The van der Waals surface area contributed by atoms with Crippen molar-refractivity contribution in [2.75, 3.05) is 13.1 Å². The molecule has 8 N–H and O–H groups in total. The molecule has 4 unspecified atom stereocenters. The van der Waals surface area contributed by atoms with Crippen molar-refractivity contribution in [1.29, 1.82) is 0 Å². The first-order chi connectivity index (χ1) is 17.5. The number of hydrogen-bond acceptors (Lipinski definition) is 7. The van der Waals surface area contributed by atoms with Crippen molar-refractivity contribution in [3.63, 3.8) is 0 Å². The summed E-state index contributed by atoms with van der Waals surface area (Å²) in [6.07, 6.45) is 3.20. The van der Waals surface area contributed by atoms with E-state index in [1.54, 1.807) is 12.1 Å². The monoisotopic (exact) mass is 519 g/mol. The number of carboxylic acid groups (broad SMARTS) is 1. The predicted octanol–water partition coefficient (Wildman–Crippen LogP) is 0.482. The fraction of sp³-hybridized carbons (Fsp3) is 0.615. The number of likely N-dealkylation sites (tertiary alicyclic amines) is 1. The van der Waals surface area contributed by atoms with Crippen molar-refractivity contribution in [3.05, 3.63) is 29.8 Å². The van der Waals surface area contributed by atoms with Crippen molar-refractivity contribution in [2.45, 2.75) is 83.0 Å². The number of aromatic hydroxyl groups is 1. The van der Waals surface area contributed by atoms with Crippen LogP contribution in [0.1, 0.15) is 57.9 Å². The third-order valence-corrected chi connectivity index (χ3v) is 6.46. The van der Waals surface area contributed by atoms with Gasteiger partial charge in [0.05, 0.1) is 6.04 Å². The summed E-state index contributed by atoms with van der Waals surface area (Å²) in [5.41, 5.74) is 12.3. The average molecular weight is 520 g/mol. The first-order valence-electron chi connectivity index (χ1n) is 12.9. The van der Waals surface area contributed by atoms with E-state index in [1.165, 1.54) is 17.0 Å². The van der Waals surface area contributed by atoms with Gasteiger partial charge in [0.15, 0.2) is 0 Å². The van der Waals surface area contributed by atoms with Gasteiger partial charge in [-0.2, -0.15) is 0 Å². The van der Waals surface area contributed by atoms with Crippen LogP contribution < -0.4 is 22.1 Å². The Kier molecular flexibility index (Phi) is 11.8. The second-order valence-corrected chi connectivity index (χ2v) is 10.0. The Hall–Kier alpha value is -3.18. The molecular weight excluding hydrogens is 478 g/mol. The fourth-order valence-corrected chi connectivity index (χ4v) is 4.45. The highest BCUT2D eigenvalue weighted by atomic mass is 16.4. The first-order valence-corrected chi connectivity index (χ1v) is 12.9. The number of aliphatic carboxylic acids is 1. The minimum atomic E-state index is -1.13. The standard InChI is InChI=1S/C26H41N5O6/c1-16(2)14-21(26(36)37)30-24(34)22-7-5-13-31(22)25(35)20(15-17-8-10-18(32)11-9-17)29-23(33)19(28)6-3-4-12-27/h8-11,16,19-22,32H,3-7,12-15,27-28H2,1-2H3,(H,29,33)(H,30,34)(H,36,37). The number of benzene rings is 1. The van der Waals surface area contributed by atoms with Gasteiger partial charge in [-0.1, -0.05) is 32.4 Å². The Balaban J connectivity index is 2.19. The number of phenols is 1. The Morgan fingerprint density at radius 3 is 2.35 bits per heavy atom. The Labute approximate surface area is 217 Å². The van der Waals surface area contributed by atoms with E-state index < -0.39 is 47.9 Å². The number of nitrogens with zero attached hydrogens (tertiary/aromatic N) is 1. The highest BCUT2D eigenvalue weighted by molar-refractivity contribution is 5.94. The number of carbonyl (C=O) groups is 4. The maximum Gasteiger partial charge on any atom is 0.326 e. The topological polar surface area (TPSA) is 188 Å². The van der Waals surface area contributed by atoms with Crippen LogP contribution in [0.2, 0.25) is 0 Å². The summed E-state index contributed by atoms with van der Waals surface area (Å²) < 4.78 is 0. The third-order valence-electron chi connectivity index (χ3n) is 6.46. The van der Waals surface area contributed by atoms with Crippen molar-refractivity contribution in [2.24, 2.45) is 17.4 Å². The van der Waals surface area contributed by atoms with E-state index >= 15 is 0 Å². The van der Waals surface area contributed by atoms with E-state index in [9.17, 15) is 29.4 Å². The van der Waals surface area contributed by atoms with E-state index in [-0.39, 0.29) is 24.5 Å². The van der Waals surface area contributed by atoms with Crippen LogP contribution in [-0.2, 0) is 25.6 Å². The smallest absolute Gasteiger partial charge is 0.326 e. The van der Waals surface area contributed by atoms with Gasteiger partial charge in [-0.05, 0) is 62.3 Å². The average Bonchev–Trinajstić information content (AvgIpc) is 3.34. The van der Waals surface area contributed by atoms with Gasteiger partial charge >= 0.3 is 5.97 Å². The minimum Gasteiger partial charge on any atom is -0.508 e. The van der Waals surface area contributed by atoms with Crippen LogP contribution >= 0.6 is 0 Å².